The molecule has 0 spiro atoms. The highest BCUT2D eigenvalue weighted by Crippen LogP contribution is 2.27. The Labute approximate surface area is 178 Å². The lowest BCUT2D eigenvalue weighted by molar-refractivity contribution is -0.122. The van der Waals surface area contributed by atoms with Crippen molar-refractivity contribution in [2.24, 2.45) is 0 Å². The molecule has 0 bridgehead atoms. The summed E-state index contributed by atoms with van der Waals surface area (Å²) in [6, 6.07) is 18.0. The van der Waals surface area contributed by atoms with Gasteiger partial charge in [0.25, 0.3) is 11.8 Å². The Balaban J connectivity index is 1.61. The number of rotatable bonds is 4. The van der Waals surface area contributed by atoms with Crippen molar-refractivity contribution in [1.82, 2.24) is 10.3 Å². The van der Waals surface area contributed by atoms with Gasteiger partial charge in [-0.05, 0) is 78.8 Å². The minimum Gasteiger partial charge on any atom is -0.457 e. The molecule has 4 rings (SSSR count). The minimum absolute atomic E-state index is 0.00233. The van der Waals surface area contributed by atoms with Crippen molar-refractivity contribution in [3.63, 3.8) is 0 Å². The number of amides is 2. The summed E-state index contributed by atoms with van der Waals surface area (Å²) in [4.78, 5) is 30.8. The van der Waals surface area contributed by atoms with E-state index in [1.54, 1.807) is 48.8 Å². The SMILES string of the molecule is Cc1cnccc1/C=C1\C(=O)NC(=S)N(c2ccc(Oc3ccccc3)cc2)C1=O. The fraction of sp³-hybridized carbons (Fsp3) is 0.0435. The van der Waals surface area contributed by atoms with Crippen LogP contribution in [-0.2, 0) is 9.59 Å². The summed E-state index contributed by atoms with van der Waals surface area (Å²) >= 11 is 5.25. The number of thiocarbonyl (C=S) groups is 1. The third-order valence-electron chi connectivity index (χ3n) is 4.54. The number of aromatic nitrogens is 1. The molecule has 1 aromatic heterocycles. The van der Waals surface area contributed by atoms with Gasteiger partial charge in [0.1, 0.15) is 17.1 Å². The first-order valence-corrected chi connectivity index (χ1v) is 9.59. The van der Waals surface area contributed by atoms with E-state index in [1.807, 2.05) is 37.3 Å². The number of carbonyl (C=O) groups excluding carboxylic acids is 2. The number of anilines is 1. The number of nitrogens with one attached hydrogen (secondary N) is 1. The Hall–Kier alpha value is -3.84. The molecule has 1 aliphatic rings. The molecule has 0 atom stereocenters. The summed E-state index contributed by atoms with van der Waals surface area (Å²) in [5.74, 6) is 0.311. The van der Waals surface area contributed by atoms with Gasteiger partial charge in [0.2, 0.25) is 0 Å². The standard InChI is InChI=1S/C23H17N3O3S/c1-15-14-24-12-11-16(15)13-20-21(27)25-23(30)26(22(20)28)17-7-9-19(10-8-17)29-18-5-3-2-4-6-18/h2-14H,1H3,(H,25,27,30)/b20-13+. The molecule has 30 heavy (non-hydrogen) atoms. The maximum absolute atomic E-state index is 13.1. The molecule has 0 unspecified atom stereocenters. The largest absolute Gasteiger partial charge is 0.457 e. The van der Waals surface area contributed by atoms with Crippen molar-refractivity contribution >= 4 is 40.9 Å². The Morgan fingerprint density at radius 2 is 1.70 bits per heavy atom. The first kappa shape index (κ1) is 19.5. The number of para-hydroxylation sites is 1. The summed E-state index contributed by atoms with van der Waals surface area (Å²) in [5.41, 5.74) is 2.13. The molecule has 148 valence electrons. The number of hydrogen-bond acceptors (Lipinski definition) is 5. The number of hydrogen-bond donors (Lipinski definition) is 1. The number of nitrogens with zero attached hydrogens (tertiary/aromatic N) is 2. The highest BCUT2D eigenvalue weighted by molar-refractivity contribution is 7.80. The van der Waals surface area contributed by atoms with Crippen LogP contribution >= 0.6 is 12.2 Å². The summed E-state index contributed by atoms with van der Waals surface area (Å²) < 4.78 is 5.78. The van der Waals surface area contributed by atoms with Crippen LogP contribution in [0.4, 0.5) is 5.69 Å². The van der Waals surface area contributed by atoms with Gasteiger partial charge in [-0.25, -0.2) is 0 Å². The van der Waals surface area contributed by atoms with Crippen molar-refractivity contribution in [2.75, 3.05) is 4.90 Å². The monoisotopic (exact) mass is 415 g/mol. The van der Waals surface area contributed by atoms with E-state index in [4.69, 9.17) is 17.0 Å². The number of carbonyl (C=O) groups is 2. The molecule has 0 saturated carbocycles. The van der Waals surface area contributed by atoms with Gasteiger partial charge in [-0.1, -0.05) is 18.2 Å². The maximum Gasteiger partial charge on any atom is 0.270 e. The van der Waals surface area contributed by atoms with E-state index in [0.717, 1.165) is 11.1 Å². The van der Waals surface area contributed by atoms with Crippen LogP contribution < -0.4 is 15.0 Å². The van der Waals surface area contributed by atoms with Gasteiger partial charge in [-0.3, -0.25) is 24.8 Å². The molecular weight excluding hydrogens is 398 g/mol. The molecule has 1 saturated heterocycles. The zero-order chi connectivity index (χ0) is 21.1. The smallest absolute Gasteiger partial charge is 0.270 e. The highest BCUT2D eigenvalue weighted by Gasteiger charge is 2.34. The van der Waals surface area contributed by atoms with Crippen molar-refractivity contribution in [1.29, 1.82) is 0 Å². The van der Waals surface area contributed by atoms with E-state index >= 15 is 0 Å². The first-order chi connectivity index (χ1) is 14.5. The fourth-order valence-electron chi connectivity index (χ4n) is 2.98. The molecular formula is C23H17N3O3S. The number of benzene rings is 2. The lowest BCUT2D eigenvalue weighted by Crippen LogP contribution is -2.54. The second-order valence-corrected chi connectivity index (χ2v) is 6.99. The predicted molar refractivity (Wildman–Crippen MR) is 118 cm³/mol. The van der Waals surface area contributed by atoms with E-state index in [1.165, 1.54) is 4.90 Å². The molecule has 2 heterocycles. The molecule has 1 N–H and O–H groups in total. The third kappa shape index (κ3) is 3.97. The van der Waals surface area contributed by atoms with Gasteiger partial charge in [0.05, 0.1) is 5.69 Å². The average molecular weight is 415 g/mol. The van der Waals surface area contributed by atoms with Crippen molar-refractivity contribution in [3.05, 3.63) is 89.8 Å². The van der Waals surface area contributed by atoms with Crippen molar-refractivity contribution in [3.8, 4) is 11.5 Å². The first-order valence-electron chi connectivity index (χ1n) is 9.18. The van der Waals surface area contributed by atoms with Crippen LogP contribution in [-0.4, -0.2) is 21.9 Å². The van der Waals surface area contributed by atoms with Gasteiger partial charge in [0.15, 0.2) is 5.11 Å². The molecule has 7 heteroatoms. The highest BCUT2D eigenvalue weighted by atomic mass is 32.1. The van der Waals surface area contributed by atoms with Crippen LogP contribution in [0.15, 0.2) is 78.6 Å². The topological polar surface area (TPSA) is 71.5 Å². The second kappa shape index (κ2) is 8.26. The summed E-state index contributed by atoms with van der Waals surface area (Å²) in [5, 5.41) is 2.62. The minimum atomic E-state index is -0.526. The predicted octanol–water partition coefficient (Wildman–Crippen LogP) is 4.01. The Kier molecular flexibility index (Phi) is 5.36. The van der Waals surface area contributed by atoms with E-state index < -0.39 is 11.8 Å². The fourth-order valence-corrected chi connectivity index (χ4v) is 3.26. The van der Waals surface area contributed by atoms with Crippen LogP contribution in [0, 0.1) is 6.92 Å². The van der Waals surface area contributed by atoms with Gasteiger partial charge < -0.3 is 4.74 Å². The van der Waals surface area contributed by atoms with Crippen LogP contribution in [0.25, 0.3) is 6.08 Å². The lowest BCUT2D eigenvalue weighted by Gasteiger charge is -2.29. The number of aryl methyl sites for hydroxylation is 1. The third-order valence-corrected chi connectivity index (χ3v) is 4.82. The van der Waals surface area contributed by atoms with E-state index in [-0.39, 0.29) is 10.7 Å². The zero-order valence-corrected chi connectivity index (χ0v) is 16.8. The molecule has 1 aliphatic heterocycles. The van der Waals surface area contributed by atoms with E-state index in [2.05, 4.69) is 10.3 Å². The van der Waals surface area contributed by atoms with Crippen molar-refractivity contribution < 1.29 is 14.3 Å². The molecule has 1 fully saturated rings. The molecule has 0 radical (unpaired) electrons. The van der Waals surface area contributed by atoms with E-state index in [0.29, 0.717) is 17.2 Å². The maximum atomic E-state index is 13.1. The second-order valence-electron chi connectivity index (χ2n) is 6.60. The summed E-state index contributed by atoms with van der Waals surface area (Å²) in [6.45, 7) is 1.86. The Morgan fingerprint density at radius 1 is 1.00 bits per heavy atom. The zero-order valence-electron chi connectivity index (χ0n) is 16.0. The van der Waals surface area contributed by atoms with Crippen molar-refractivity contribution in [2.45, 2.75) is 6.92 Å². The number of pyridine rings is 1. The quantitative estimate of drug-likeness (QED) is 0.396. The molecule has 2 amide bonds. The average Bonchev–Trinajstić information content (AvgIpc) is 2.74. The van der Waals surface area contributed by atoms with E-state index in [9.17, 15) is 9.59 Å². The molecule has 2 aromatic carbocycles. The molecule has 3 aromatic rings. The molecule has 0 aliphatic carbocycles. The summed E-state index contributed by atoms with van der Waals surface area (Å²) in [6.07, 6.45) is 4.83. The summed E-state index contributed by atoms with van der Waals surface area (Å²) in [7, 11) is 0. The van der Waals surface area contributed by atoms with Gasteiger partial charge in [0, 0.05) is 12.4 Å². The van der Waals surface area contributed by atoms with Gasteiger partial charge >= 0.3 is 0 Å². The van der Waals surface area contributed by atoms with Crippen LogP contribution in [0.3, 0.4) is 0 Å². The number of ether oxygens (including phenoxy) is 1. The molecule has 6 nitrogen and oxygen atoms in total. The Morgan fingerprint density at radius 3 is 2.40 bits per heavy atom. The lowest BCUT2D eigenvalue weighted by atomic mass is 10.0. The van der Waals surface area contributed by atoms with Gasteiger partial charge in [-0.15, -0.1) is 0 Å². The van der Waals surface area contributed by atoms with Crippen LogP contribution in [0.5, 0.6) is 11.5 Å². The van der Waals surface area contributed by atoms with Gasteiger partial charge in [-0.2, -0.15) is 0 Å². The van der Waals surface area contributed by atoms with Crippen LogP contribution in [0.2, 0.25) is 0 Å². The Bertz CT molecular complexity index is 1160. The normalized spacial score (nSPS) is 15.3. The van der Waals surface area contributed by atoms with Crippen LogP contribution in [0.1, 0.15) is 11.1 Å².